The van der Waals surface area contributed by atoms with Gasteiger partial charge in [-0.15, -0.1) is 11.3 Å². The van der Waals surface area contributed by atoms with Gasteiger partial charge in [0, 0.05) is 23.2 Å². The molecule has 1 N–H and O–H groups in total. The Morgan fingerprint density at radius 1 is 1.25 bits per heavy atom. The van der Waals surface area contributed by atoms with Gasteiger partial charge in [-0.05, 0) is 31.7 Å². The first kappa shape index (κ1) is 14.8. The SMILES string of the molecule is CCNCc1cnc(-c2ccc(OC)c(OCC)c2)s1. The van der Waals surface area contributed by atoms with Crippen LogP contribution < -0.4 is 14.8 Å². The number of aromatic nitrogens is 1. The third kappa shape index (κ3) is 3.49. The maximum atomic E-state index is 5.60. The van der Waals surface area contributed by atoms with Crippen molar-refractivity contribution in [3.63, 3.8) is 0 Å². The van der Waals surface area contributed by atoms with Crippen molar-refractivity contribution in [2.75, 3.05) is 20.3 Å². The fourth-order valence-electron chi connectivity index (χ4n) is 1.85. The van der Waals surface area contributed by atoms with Gasteiger partial charge in [0.05, 0.1) is 13.7 Å². The third-order valence-electron chi connectivity index (χ3n) is 2.81. The summed E-state index contributed by atoms with van der Waals surface area (Å²) < 4.78 is 10.9. The number of hydrogen-bond donors (Lipinski definition) is 1. The van der Waals surface area contributed by atoms with E-state index in [2.05, 4.69) is 17.2 Å². The molecule has 0 unspecified atom stereocenters. The Hall–Kier alpha value is -1.59. The van der Waals surface area contributed by atoms with Crippen LogP contribution >= 0.6 is 11.3 Å². The van der Waals surface area contributed by atoms with Crippen molar-refractivity contribution in [3.8, 4) is 22.1 Å². The molecule has 0 radical (unpaired) electrons. The summed E-state index contributed by atoms with van der Waals surface area (Å²) in [5.41, 5.74) is 1.06. The van der Waals surface area contributed by atoms with Crippen LogP contribution in [0.25, 0.3) is 10.6 Å². The van der Waals surface area contributed by atoms with Crippen LogP contribution in [0.3, 0.4) is 0 Å². The molecule has 0 amide bonds. The van der Waals surface area contributed by atoms with E-state index in [0.29, 0.717) is 6.61 Å². The first-order valence-corrected chi connectivity index (χ1v) is 7.56. The number of benzene rings is 1. The van der Waals surface area contributed by atoms with Gasteiger partial charge in [-0.25, -0.2) is 4.98 Å². The van der Waals surface area contributed by atoms with Gasteiger partial charge in [0.15, 0.2) is 11.5 Å². The summed E-state index contributed by atoms with van der Waals surface area (Å²) in [4.78, 5) is 5.71. The van der Waals surface area contributed by atoms with E-state index in [9.17, 15) is 0 Å². The van der Waals surface area contributed by atoms with E-state index >= 15 is 0 Å². The topological polar surface area (TPSA) is 43.4 Å². The van der Waals surface area contributed by atoms with Crippen LogP contribution in [0, 0.1) is 0 Å². The quantitative estimate of drug-likeness (QED) is 0.850. The van der Waals surface area contributed by atoms with Gasteiger partial charge in [0.1, 0.15) is 5.01 Å². The number of rotatable bonds is 7. The molecule has 4 nitrogen and oxygen atoms in total. The molecule has 0 aliphatic heterocycles. The Morgan fingerprint density at radius 3 is 2.80 bits per heavy atom. The van der Waals surface area contributed by atoms with E-state index in [-0.39, 0.29) is 0 Å². The molecule has 20 heavy (non-hydrogen) atoms. The smallest absolute Gasteiger partial charge is 0.161 e. The summed E-state index contributed by atoms with van der Waals surface area (Å²) in [6, 6.07) is 5.92. The van der Waals surface area contributed by atoms with Gasteiger partial charge >= 0.3 is 0 Å². The second kappa shape index (κ2) is 7.26. The van der Waals surface area contributed by atoms with E-state index < -0.39 is 0 Å². The Kier molecular flexibility index (Phi) is 5.38. The first-order chi connectivity index (χ1) is 9.78. The number of hydrogen-bond acceptors (Lipinski definition) is 5. The van der Waals surface area contributed by atoms with Crippen LogP contribution in [0.15, 0.2) is 24.4 Å². The van der Waals surface area contributed by atoms with Crippen LogP contribution in [-0.4, -0.2) is 25.2 Å². The largest absolute Gasteiger partial charge is 0.493 e. The van der Waals surface area contributed by atoms with E-state index in [1.807, 2.05) is 31.3 Å². The predicted molar refractivity (Wildman–Crippen MR) is 82.7 cm³/mol. The van der Waals surface area contributed by atoms with Crippen molar-refractivity contribution in [1.82, 2.24) is 10.3 Å². The van der Waals surface area contributed by atoms with Crippen molar-refractivity contribution in [2.24, 2.45) is 0 Å². The number of nitrogens with zero attached hydrogens (tertiary/aromatic N) is 1. The van der Waals surface area contributed by atoms with Crippen molar-refractivity contribution >= 4 is 11.3 Å². The highest BCUT2D eigenvalue weighted by molar-refractivity contribution is 7.15. The van der Waals surface area contributed by atoms with E-state index in [1.54, 1.807) is 18.4 Å². The van der Waals surface area contributed by atoms with Gasteiger partial charge in [0.2, 0.25) is 0 Å². The average molecular weight is 292 g/mol. The lowest BCUT2D eigenvalue weighted by Gasteiger charge is -2.10. The van der Waals surface area contributed by atoms with Crippen LogP contribution in [0.5, 0.6) is 11.5 Å². The van der Waals surface area contributed by atoms with Gasteiger partial charge in [-0.1, -0.05) is 6.92 Å². The molecule has 2 aromatic rings. The molecule has 5 heteroatoms. The molecule has 0 saturated heterocycles. The van der Waals surface area contributed by atoms with Crippen molar-refractivity contribution in [3.05, 3.63) is 29.3 Å². The predicted octanol–water partition coefficient (Wildman–Crippen LogP) is 3.33. The molecule has 0 fully saturated rings. The Bertz CT molecular complexity index is 555. The standard InChI is InChI=1S/C15H20N2O2S/c1-4-16-9-12-10-17-15(20-12)11-6-7-13(18-3)14(8-11)19-5-2/h6-8,10,16H,4-5,9H2,1-3H3. The molecule has 0 atom stereocenters. The second-order valence-corrected chi connectivity index (χ2v) is 5.33. The lowest BCUT2D eigenvalue weighted by atomic mass is 10.2. The van der Waals surface area contributed by atoms with E-state index in [1.165, 1.54) is 4.88 Å². The van der Waals surface area contributed by atoms with E-state index in [0.717, 1.165) is 35.2 Å². The Morgan fingerprint density at radius 2 is 2.10 bits per heavy atom. The fraction of sp³-hybridized carbons (Fsp3) is 0.400. The molecule has 0 aliphatic carbocycles. The second-order valence-electron chi connectivity index (χ2n) is 4.21. The van der Waals surface area contributed by atoms with Gasteiger partial charge in [-0.2, -0.15) is 0 Å². The number of nitrogens with one attached hydrogen (secondary N) is 1. The molecule has 0 spiro atoms. The van der Waals surface area contributed by atoms with Crippen LogP contribution in [-0.2, 0) is 6.54 Å². The van der Waals surface area contributed by atoms with Crippen molar-refractivity contribution < 1.29 is 9.47 Å². The zero-order valence-electron chi connectivity index (χ0n) is 12.1. The minimum atomic E-state index is 0.614. The highest BCUT2D eigenvalue weighted by Crippen LogP contribution is 2.34. The number of thiazole rings is 1. The molecule has 108 valence electrons. The van der Waals surface area contributed by atoms with Gasteiger partial charge in [-0.3, -0.25) is 0 Å². The molecule has 0 saturated carbocycles. The Balaban J connectivity index is 2.23. The zero-order valence-corrected chi connectivity index (χ0v) is 12.9. The molecular weight excluding hydrogens is 272 g/mol. The lowest BCUT2D eigenvalue weighted by molar-refractivity contribution is 0.311. The molecule has 2 rings (SSSR count). The molecule has 0 aliphatic rings. The zero-order chi connectivity index (χ0) is 14.4. The minimum absolute atomic E-state index is 0.614. The lowest BCUT2D eigenvalue weighted by Crippen LogP contribution is -2.10. The summed E-state index contributed by atoms with van der Waals surface area (Å²) >= 11 is 1.70. The van der Waals surface area contributed by atoms with E-state index in [4.69, 9.17) is 9.47 Å². The maximum absolute atomic E-state index is 5.60. The molecule has 0 bridgehead atoms. The fourth-order valence-corrected chi connectivity index (χ4v) is 2.73. The number of methoxy groups -OCH3 is 1. The maximum Gasteiger partial charge on any atom is 0.161 e. The normalized spacial score (nSPS) is 10.6. The van der Waals surface area contributed by atoms with Crippen LogP contribution in [0.4, 0.5) is 0 Å². The summed E-state index contributed by atoms with van der Waals surface area (Å²) in [7, 11) is 1.65. The molecule has 1 aromatic carbocycles. The molecular formula is C15H20N2O2S. The monoisotopic (exact) mass is 292 g/mol. The summed E-state index contributed by atoms with van der Waals surface area (Å²) in [6.07, 6.45) is 1.92. The molecule has 1 heterocycles. The average Bonchev–Trinajstić information content (AvgIpc) is 2.94. The third-order valence-corrected chi connectivity index (χ3v) is 3.86. The van der Waals surface area contributed by atoms with Crippen LogP contribution in [0.2, 0.25) is 0 Å². The highest BCUT2D eigenvalue weighted by atomic mass is 32.1. The van der Waals surface area contributed by atoms with Crippen LogP contribution in [0.1, 0.15) is 18.7 Å². The number of ether oxygens (including phenoxy) is 2. The van der Waals surface area contributed by atoms with Gasteiger partial charge < -0.3 is 14.8 Å². The molecule has 1 aromatic heterocycles. The summed E-state index contributed by atoms with van der Waals surface area (Å²) in [5.74, 6) is 1.51. The van der Waals surface area contributed by atoms with Crippen molar-refractivity contribution in [2.45, 2.75) is 20.4 Å². The summed E-state index contributed by atoms with van der Waals surface area (Å²) in [6.45, 7) is 6.50. The van der Waals surface area contributed by atoms with Gasteiger partial charge in [0.25, 0.3) is 0 Å². The summed E-state index contributed by atoms with van der Waals surface area (Å²) in [5, 5.41) is 4.31. The Labute approximate surface area is 123 Å². The minimum Gasteiger partial charge on any atom is -0.493 e. The first-order valence-electron chi connectivity index (χ1n) is 6.75. The van der Waals surface area contributed by atoms with Crippen molar-refractivity contribution in [1.29, 1.82) is 0 Å². The highest BCUT2D eigenvalue weighted by Gasteiger charge is 2.09.